The van der Waals surface area contributed by atoms with E-state index in [-0.39, 0.29) is 0 Å². The first-order valence-electron chi connectivity index (χ1n) is 7.74. The minimum absolute atomic E-state index is 0.436. The van der Waals surface area contributed by atoms with Crippen LogP contribution in [0.1, 0.15) is 24.8 Å². The number of nitrogens with zero attached hydrogens (tertiary/aromatic N) is 2. The summed E-state index contributed by atoms with van der Waals surface area (Å²) in [5, 5.41) is 0. The van der Waals surface area contributed by atoms with Gasteiger partial charge in [0, 0.05) is 27.2 Å². The van der Waals surface area contributed by atoms with E-state index in [1.54, 1.807) is 25.5 Å². The highest BCUT2D eigenvalue weighted by Crippen LogP contribution is 2.24. The molecule has 0 unspecified atom stereocenters. The highest BCUT2D eigenvalue weighted by Gasteiger charge is 2.30. The van der Waals surface area contributed by atoms with Gasteiger partial charge >= 0.3 is 0 Å². The number of piperidine rings is 1. The molecule has 1 aliphatic heterocycles. The van der Waals surface area contributed by atoms with Gasteiger partial charge in [-0.3, -0.25) is 0 Å². The number of hydrogen-bond donors (Lipinski definition) is 0. The van der Waals surface area contributed by atoms with Gasteiger partial charge < -0.3 is 4.74 Å². The molecule has 0 saturated carbocycles. The Bertz CT molecular complexity index is 570. The SMILES string of the molecule is COc1ccc(CC[C@@H]2CCCN(S(=O)(=O)N(C)C)C2)cc1. The largest absolute Gasteiger partial charge is 0.497 e. The summed E-state index contributed by atoms with van der Waals surface area (Å²) >= 11 is 0. The minimum Gasteiger partial charge on any atom is -0.497 e. The Morgan fingerprint density at radius 1 is 1.27 bits per heavy atom. The van der Waals surface area contributed by atoms with Crippen molar-refractivity contribution < 1.29 is 13.2 Å². The van der Waals surface area contributed by atoms with E-state index in [1.807, 2.05) is 12.1 Å². The summed E-state index contributed by atoms with van der Waals surface area (Å²) in [4.78, 5) is 0. The Hall–Kier alpha value is -1.11. The van der Waals surface area contributed by atoms with Gasteiger partial charge in [0.2, 0.25) is 0 Å². The van der Waals surface area contributed by atoms with E-state index >= 15 is 0 Å². The van der Waals surface area contributed by atoms with Crippen molar-refractivity contribution >= 4 is 10.2 Å². The van der Waals surface area contributed by atoms with Crippen LogP contribution >= 0.6 is 0 Å². The number of aryl methyl sites for hydroxylation is 1. The highest BCUT2D eigenvalue weighted by atomic mass is 32.2. The third-order valence-corrected chi connectivity index (χ3v) is 6.18. The van der Waals surface area contributed by atoms with Gasteiger partial charge in [-0.15, -0.1) is 0 Å². The Labute approximate surface area is 134 Å². The molecule has 1 fully saturated rings. The number of rotatable bonds is 6. The van der Waals surface area contributed by atoms with E-state index in [9.17, 15) is 8.42 Å². The molecule has 0 amide bonds. The molecule has 22 heavy (non-hydrogen) atoms. The Morgan fingerprint density at radius 3 is 2.55 bits per heavy atom. The zero-order valence-corrected chi connectivity index (χ0v) is 14.5. The standard InChI is InChI=1S/C16H26N2O3S/c1-17(2)22(19,20)18-12-4-5-15(13-18)7-6-14-8-10-16(21-3)11-9-14/h8-11,15H,4-7,12-13H2,1-3H3/t15-/m0/s1. The molecule has 1 saturated heterocycles. The molecule has 2 rings (SSSR count). The van der Waals surface area contributed by atoms with Crippen molar-refractivity contribution in [3.05, 3.63) is 29.8 Å². The maximum absolute atomic E-state index is 12.2. The normalized spacial score (nSPS) is 20.3. The lowest BCUT2D eigenvalue weighted by Gasteiger charge is -2.33. The van der Waals surface area contributed by atoms with E-state index in [4.69, 9.17) is 4.74 Å². The first-order chi connectivity index (χ1) is 10.4. The third kappa shape index (κ3) is 4.21. The van der Waals surface area contributed by atoms with E-state index < -0.39 is 10.2 Å². The number of benzene rings is 1. The lowest BCUT2D eigenvalue weighted by atomic mass is 9.93. The molecular formula is C16H26N2O3S. The maximum atomic E-state index is 12.2. The first-order valence-corrected chi connectivity index (χ1v) is 9.13. The molecule has 0 aliphatic carbocycles. The predicted octanol–water partition coefficient (Wildman–Crippen LogP) is 2.15. The average Bonchev–Trinajstić information content (AvgIpc) is 2.53. The van der Waals surface area contributed by atoms with Crippen LogP contribution in [0, 0.1) is 5.92 Å². The fraction of sp³-hybridized carbons (Fsp3) is 0.625. The van der Waals surface area contributed by atoms with E-state index in [2.05, 4.69) is 12.1 Å². The second kappa shape index (κ2) is 7.44. The number of methoxy groups -OCH3 is 1. The molecule has 6 heteroatoms. The quantitative estimate of drug-likeness (QED) is 0.805. The van der Waals surface area contributed by atoms with Crippen LogP contribution in [0.3, 0.4) is 0 Å². The summed E-state index contributed by atoms with van der Waals surface area (Å²) in [5.74, 6) is 1.30. The van der Waals surface area contributed by atoms with Gasteiger partial charge in [-0.2, -0.15) is 17.0 Å². The van der Waals surface area contributed by atoms with Crippen LogP contribution in [0.25, 0.3) is 0 Å². The molecule has 1 aromatic rings. The summed E-state index contributed by atoms with van der Waals surface area (Å²) < 4.78 is 32.5. The van der Waals surface area contributed by atoms with Gasteiger partial charge in [-0.1, -0.05) is 12.1 Å². The van der Waals surface area contributed by atoms with Crippen molar-refractivity contribution in [1.82, 2.24) is 8.61 Å². The molecule has 0 spiro atoms. The van der Waals surface area contributed by atoms with Crippen molar-refractivity contribution in [2.45, 2.75) is 25.7 Å². The summed E-state index contributed by atoms with van der Waals surface area (Å²) in [7, 11) is 1.58. The van der Waals surface area contributed by atoms with Crippen LogP contribution in [-0.4, -0.2) is 51.3 Å². The lowest BCUT2D eigenvalue weighted by Crippen LogP contribution is -2.45. The van der Waals surface area contributed by atoms with Crippen LogP contribution in [0.4, 0.5) is 0 Å². The average molecular weight is 326 g/mol. The Kier molecular flexibility index (Phi) is 5.83. The highest BCUT2D eigenvalue weighted by molar-refractivity contribution is 7.86. The van der Waals surface area contributed by atoms with Gasteiger partial charge in [0.15, 0.2) is 0 Å². The maximum Gasteiger partial charge on any atom is 0.281 e. The molecule has 1 heterocycles. The van der Waals surface area contributed by atoms with E-state index in [1.165, 1.54) is 9.87 Å². The van der Waals surface area contributed by atoms with Crippen molar-refractivity contribution in [2.75, 3.05) is 34.3 Å². The molecular weight excluding hydrogens is 300 g/mol. The fourth-order valence-corrected chi connectivity index (χ4v) is 4.09. The number of ether oxygens (including phenoxy) is 1. The van der Waals surface area contributed by atoms with Crippen LogP contribution in [0.5, 0.6) is 5.75 Å². The molecule has 124 valence electrons. The summed E-state index contributed by atoms with van der Waals surface area (Å²) in [6.45, 7) is 1.27. The predicted molar refractivity (Wildman–Crippen MR) is 88.2 cm³/mol. The number of hydrogen-bond acceptors (Lipinski definition) is 3. The molecule has 0 aromatic heterocycles. The monoisotopic (exact) mass is 326 g/mol. The Balaban J connectivity index is 1.90. The van der Waals surface area contributed by atoms with Gasteiger partial charge in [0.1, 0.15) is 5.75 Å². The molecule has 1 aromatic carbocycles. The lowest BCUT2D eigenvalue weighted by molar-refractivity contribution is 0.246. The van der Waals surface area contributed by atoms with Gasteiger partial charge in [0.25, 0.3) is 10.2 Å². The zero-order valence-electron chi connectivity index (χ0n) is 13.7. The molecule has 1 aliphatic rings. The fourth-order valence-electron chi connectivity index (χ4n) is 2.87. The van der Waals surface area contributed by atoms with Crippen LogP contribution in [-0.2, 0) is 16.6 Å². The molecule has 0 N–H and O–H groups in total. The summed E-state index contributed by atoms with van der Waals surface area (Å²) in [6.07, 6.45) is 4.05. The molecule has 0 bridgehead atoms. The van der Waals surface area contributed by atoms with Crippen molar-refractivity contribution in [3.8, 4) is 5.75 Å². The minimum atomic E-state index is -3.27. The molecule has 5 nitrogen and oxygen atoms in total. The van der Waals surface area contributed by atoms with Gasteiger partial charge in [-0.25, -0.2) is 0 Å². The first kappa shape index (κ1) is 17.2. The smallest absolute Gasteiger partial charge is 0.281 e. The van der Waals surface area contributed by atoms with Crippen molar-refractivity contribution in [3.63, 3.8) is 0 Å². The van der Waals surface area contributed by atoms with E-state index in [0.717, 1.165) is 31.4 Å². The Morgan fingerprint density at radius 2 is 1.95 bits per heavy atom. The van der Waals surface area contributed by atoms with Crippen LogP contribution in [0.2, 0.25) is 0 Å². The van der Waals surface area contributed by atoms with Crippen LogP contribution < -0.4 is 4.74 Å². The van der Waals surface area contributed by atoms with Crippen LogP contribution in [0.15, 0.2) is 24.3 Å². The topological polar surface area (TPSA) is 49.9 Å². The second-order valence-corrected chi connectivity index (χ2v) is 8.19. The summed E-state index contributed by atoms with van der Waals surface area (Å²) in [6, 6.07) is 8.10. The van der Waals surface area contributed by atoms with Gasteiger partial charge in [-0.05, 0) is 49.3 Å². The van der Waals surface area contributed by atoms with Crippen molar-refractivity contribution in [2.24, 2.45) is 5.92 Å². The zero-order chi connectivity index (χ0) is 16.2. The third-order valence-electron chi connectivity index (χ3n) is 4.27. The second-order valence-electron chi connectivity index (χ2n) is 6.04. The molecule has 0 radical (unpaired) electrons. The van der Waals surface area contributed by atoms with E-state index in [0.29, 0.717) is 19.0 Å². The molecule has 1 atom stereocenters. The van der Waals surface area contributed by atoms with Gasteiger partial charge in [0.05, 0.1) is 7.11 Å². The summed E-state index contributed by atoms with van der Waals surface area (Å²) in [5.41, 5.74) is 1.27. The van der Waals surface area contributed by atoms with Crippen molar-refractivity contribution in [1.29, 1.82) is 0 Å².